The van der Waals surface area contributed by atoms with Gasteiger partial charge in [0.15, 0.2) is 12.4 Å². The van der Waals surface area contributed by atoms with E-state index in [1.54, 1.807) is 24.3 Å². The Bertz CT molecular complexity index is 640. The zero-order chi connectivity index (χ0) is 19.1. The van der Waals surface area contributed by atoms with E-state index in [1.165, 1.54) is 45.6 Å². The number of benzene rings is 1. The molecule has 0 unspecified atom stereocenters. The Hall–Kier alpha value is -1.88. The zero-order valence-electron chi connectivity index (χ0n) is 16.5. The van der Waals surface area contributed by atoms with Crippen LogP contribution >= 0.6 is 0 Å². The van der Waals surface area contributed by atoms with Gasteiger partial charge >= 0.3 is 0 Å². The Kier molecular flexibility index (Phi) is 7.27. The van der Waals surface area contributed by atoms with Crippen molar-refractivity contribution >= 4 is 11.7 Å². The maximum absolute atomic E-state index is 12.6. The van der Waals surface area contributed by atoms with Crippen molar-refractivity contribution in [1.82, 2.24) is 9.80 Å². The van der Waals surface area contributed by atoms with Crippen molar-refractivity contribution in [3.05, 3.63) is 29.8 Å². The Morgan fingerprint density at radius 2 is 1.85 bits per heavy atom. The molecule has 0 aromatic heterocycles. The van der Waals surface area contributed by atoms with Crippen LogP contribution in [-0.2, 0) is 4.79 Å². The minimum Gasteiger partial charge on any atom is -0.484 e. The minimum atomic E-state index is -0.00245. The maximum atomic E-state index is 12.6. The number of carbonyl (C=O) groups excluding carboxylic acids is 2. The SMILES string of the molecule is CC(=O)c1cccc(OCC(=O)N2CCCN(CC3CCCCC3)CC2)c1. The number of amides is 1. The minimum absolute atomic E-state index is 0.00245. The lowest BCUT2D eigenvalue weighted by Crippen LogP contribution is -2.39. The lowest BCUT2D eigenvalue weighted by atomic mass is 9.89. The molecule has 2 aliphatic rings. The summed E-state index contributed by atoms with van der Waals surface area (Å²) in [7, 11) is 0. The van der Waals surface area contributed by atoms with Gasteiger partial charge in [0, 0.05) is 31.7 Å². The molecule has 27 heavy (non-hydrogen) atoms. The molecule has 148 valence electrons. The standard InChI is InChI=1S/C22H32N2O3/c1-18(25)20-9-5-10-21(15-20)27-17-22(26)24-12-6-11-23(13-14-24)16-19-7-3-2-4-8-19/h5,9-10,15,19H,2-4,6-8,11-14,16-17H2,1H3. The molecular weight excluding hydrogens is 340 g/mol. The summed E-state index contributed by atoms with van der Waals surface area (Å²) in [4.78, 5) is 28.5. The molecule has 3 rings (SSSR count). The molecule has 1 aromatic carbocycles. The molecule has 1 saturated heterocycles. The van der Waals surface area contributed by atoms with E-state index in [0.29, 0.717) is 11.3 Å². The highest BCUT2D eigenvalue weighted by molar-refractivity contribution is 5.94. The second-order valence-electron chi connectivity index (χ2n) is 7.91. The predicted octanol–water partition coefficient (Wildman–Crippen LogP) is 3.38. The van der Waals surface area contributed by atoms with Crippen LogP contribution < -0.4 is 4.74 Å². The van der Waals surface area contributed by atoms with Gasteiger partial charge in [-0.15, -0.1) is 0 Å². The molecule has 1 aromatic rings. The lowest BCUT2D eigenvalue weighted by molar-refractivity contribution is -0.133. The van der Waals surface area contributed by atoms with Crippen LogP contribution in [0.25, 0.3) is 0 Å². The summed E-state index contributed by atoms with van der Waals surface area (Å²) in [6.45, 7) is 6.38. The molecule has 5 nitrogen and oxygen atoms in total. The van der Waals surface area contributed by atoms with Crippen molar-refractivity contribution in [1.29, 1.82) is 0 Å². The van der Waals surface area contributed by atoms with E-state index in [2.05, 4.69) is 4.90 Å². The Morgan fingerprint density at radius 1 is 1.04 bits per heavy atom. The molecule has 0 radical (unpaired) electrons. The molecule has 1 aliphatic carbocycles. The van der Waals surface area contributed by atoms with Crippen molar-refractivity contribution in [2.24, 2.45) is 5.92 Å². The number of rotatable bonds is 6. The number of nitrogens with zero attached hydrogens (tertiary/aromatic N) is 2. The topological polar surface area (TPSA) is 49.9 Å². The van der Waals surface area contributed by atoms with Gasteiger partial charge in [-0.3, -0.25) is 9.59 Å². The van der Waals surface area contributed by atoms with Gasteiger partial charge in [0.05, 0.1) is 0 Å². The van der Waals surface area contributed by atoms with Crippen LogP contribution in [0, 0.1) is 5.92 Å². The number of hydrogen-bond acceptors (Lipinski definition) is 4. The fourth-order valence-electron chi connectivity index (χ4n) is 4.18. The molecule has 1 aliphatic heterocycles. The summed E-state index contributed by atoms with van der Waals surface area (Å²) < 4.78 is 5.64. The average molecular weight is 373 g/mol. The van der Waals surface area contributed by atoms with Crippen molar-refractivity contribution in [3.8, 4) is 5.75 Å². The molecule has 5 heteroatoms. The van der Waals surface area contributed by atoms with Gasteiger partial charge in [-0.25, -0.2) is 0 Å². The highest BCUT2D eigenvalue weighted by Gasteiger charge is 2.22. The van der Waals surface area contributed by atoms with Crippen LogP contribution in [-0.4, -0.2) is 60.8 Å². The summed E-state index contributed by atoms with van der Waals surface area (Å²) in [6.07, 6.45) is 7.92. The van der Waals surface area contributed by atoms with E-state index in [4.69, 9.17) is 4.74 Å². The zero-order valence-corrected chi connectivity index (χ0v) is 16.5. The molecule has 1 saturated carbocycles. The summed E-state index contributed by atoms with van der Waals surface area (Å²) in [6, 6.07) is 7.02. The smallest absolute Gasteiger partial charge is 0.260 e. The summed E-state index contributed by atoms with van der Waals surface area (Å²) in [5.41, 5.74) is 0.605. The van der Waals surface area contributed by atoms with Gasteiger partial charge in [-0.05, 0) is 50.8 Å². The number of hydrogen-bond donors (Lipinski definition) is 0. The second-order valence-corrected chi connectivity index (χ2v) is 7.91. The molecular formula is C22H32N2O3. The normalized spacial score (nSPS) is 19.5. The average Bonchev–Trinajstić information content (AvgIpc) is 2.93. The molecule has 0 spiro atoms. The molecule has 0 N–H and O–H groups in total. The fraction of sp³-hybridized carbons (Fsp3) is 0.636. The van der Waals surface area contributed by atoms with E-state index < -0.39 is 0 Å². The molecule has 2 fully saturated rings. The van der Waals surface area contributed by atoms with Crippen molar-refractivity contribution < 1.29 is 14.3 Å². The maximum Gasteiger partial charge on any atom is 0.260 e. The first-order chi connectivity index (χ1) is 13.1. The van der Waals surface area contributed by atoms with Crippen LogP contribution in [0.5, 0.6) is 5.75 Å². The van der Waals surface area contributed by atoms with Crippen LogP contribution in [0.4, 0.5) is 0 Å². The first kappa shape index (κ1) is 19.9. The van der Waals surface area contributed by atoms with E-state index in [1.807, 2.05) is 4.90 Å². The van der Waals surface area contributed by atoms with Gasteiger partial charge in [-0.2, -0.15) is 0 Å². The molecule has 0 atom stereocenters. The van der Waals surface area contributed by atoms with Gasteiger partial charge < -0.3 is 14.5 Å². The molecule has 0 bridgehead atoms. The van der Waals surface area contributed by atoms with E-state index in [-0.39, 0.29) is 18.3 Å². The highest BCUT2D eigenvalue weighted by Crippen LogP contribution is 2.24. The molecule has 1 heterocycles. The van der Waals surface area contributed by atoms with Crippen LogP contribution in [0.15, 0.2) is 24.3 Å². The monoisotopic (exact) mass is 372 g/mol. The van der Waals surface area contributed by atoms with Crippen LogP contribution in [0.1, 0.15) is 55.8 Å². The Labute approximate surface area is 162 Å². The lowest BCUT2D eigenvalue weighted by Gasteiger charge is -2.28. The van der Waals surface area contributed by atoms with E-state index >= 15 is 0 Å². The number of carbonyl (C=O) groups is 2. The van der Waals surface area contributed by atoms with Gasteiger partial charge in [0.2, 0.25) is 0 Å². The van der Waals surface area contributed by atoms with Crippen molar-refractivity contribution in [2.45, 2.75) is 45.4 Å². The summed E-state index contributed by atoms with van der Waals surface area (Å²) >= 11 is 0. The number of Topliss-reactive ketones (excluding diaryl/α,β-unsaturated/α-hetero) is 1. The highest BCUT2D eigenvalue weighted by atomic mass is 16.5. The first-order valence-electron chi connectivity index (χ1n) is 10.4. The van der Waals surface area contributed by atoms with Crippen LogP contribution in [0.2, 0.25) is 0 Å². The van der Waals surface area contributed by atoms with E-state index in [0.717, 1.165) is 38.5 Å². The molecule has 1 amide bonds. The largest absolute Gasteiger partial charge is 0.484 e. The Morgan fingerprint density at radius 3 is 2.63 bits per heavy atom. The second kappa shape index (κ2) is 9.88. The van der Waals surface area contributed by atoms with Crippen LogP contribution in [0.3, 0.4) is 0 Å². The quantitative estimate of drug-likeness (QED) is 0.719. The van der Waals surface area contributed by atoms with E-state index in [9.17, 15) is 9.59 Å². The van der Waals surface area contributed by atoms with Crippen molar-refractivity contribution in [3.63, 3.8) is 0 Å². The number of ether oxygens (including phenoxy) is 1. The third-order valence-corrected chi connectivity index (χ3v) is 5.79. The third-order valence-electron chi connectivity index (χ3n) is 5.79. The fourth-order valence-corrected chi connectivity index (χ4v) is 4.18. The van der Waals surface area contributed by atoms with Crippen molar-refractivity contribution in [2.75, 3.05) is 39.3 Å². The summed E-state index contributed by atoms with van der Waals surface area (Å²) in [5, 5.41) is 0. The Balaban J connectivity index is 1.45. The third kappa shape index (κ3) is 6.06. The van der Waals surface area contributed by atoms with Gasteiger partial charge in [0.1, 0.15) is 5.75 Å². The van der Waals surface area contributed by atoms with Gasteiger partial charge in [-0.1, -0.05) is 31.4 Å². The predicted molar refractivity (Wildman–Crippen MR) is 106 cm³/mol. The first-order valence-corrected chi connectivity index (χ1v) is 10.4. The number of ketones is 1. The van der Waals surface area contributed by atoms with Gasteiger partial charge in [0.25, 0.3) is 5.91 Å². The summed E-state index contributed by atoms with van der Waals surface area (Å²) in [5.74, 6) is 1.45.